The van der Waals surface area contributed by atoms with E-state index in [1.807, 2.05) is 20.0 Å². The van der Waals surface area contributed by atoms with Crippen LogP contribution in [0.15, 0.2) is 48.7 Å². The molecule has 0 bridgehead atoms. The minimum atomic E-state index is 0.246. The number of anilines is 1. The number of aromatic nitrogens is 3. The molecule has 1 aromatic carbocycles. The second-order valence-corrected chi connectivity index (χ2v) is 8.78. The van der Waals surface area contributed by atoms with Crippen LogP contribution >= 0.6 is 0 Å². The number of aromatic amines is 1. The van der Waals surface area contributed by atoms with E-state index in [4.69, 9.17) is 10.7 Å². The predicted octanol–water partition coefficient (Wildman–Crippen LogP) is 5.14. The molecule has 1 aliphatic heterocycles. The van der Waals surface area contributed by atoms with Crippen molar-refractivity contribution in [2.45, 2.75) is 39.7 Å². The summed E-state index contributed by atoms with van der Waals surface area (Å²) < 4.78 is 0. The first-order valence-electron chi connectivity index (χ1n) is 11.0. The van der Waals surface area contributed by atoms with E-state index in [2.05, 4.69) is 64.3 Å². The van der Waals surface area contributed by atoms with Crippen molar-refractivity contribution in [2.75, 3.05) is 18.0 Å². The van der Waals surface area contributed by atoms with Crippen molar-refractivity contribution in [1.29, 1.82) is 0 Å². The molecule has 1 saturated heterocycles. The van der Waals surface area contributed by atoms with Gasteiger partial charge in [0.2, 0.25) is 0 Å². The molecular weight excluding hydrogens is 382 g/mol. The SMILES string of the molecule is Cc1cc(-c2[nH]c3cc(-c4ccc(N5CCC[C@@H](N)C5)nc4)ccc3c2C)cc(C)n1. The molecule has 1 fully saturated rings. The van der Waals surface area contributed by atoms with Gasteiger partial charge in [-0.15, -0.1) is 0 Å². The highest BCUT2D eigenvalue weighted by Crippen LogP contribution is 2.33. The predicted molar refractivity (Wildman–Crippen MR) is 128 cm³/mol. The fourth-order valence-electron chi connectivity index (χ4n) is 4.75. The molecule has 0 unspecified atom stereocenters. The number of rotatable bonds is 3. The van der Waals surface area contributed by atoms with Crippen LogP contribution in [0.4, 0.5) is 5.82 Å². The summed E-state index contributed by atoms with van der Waals surface area (Å²) in [5.74, 6) is 1.02. The molecule has 0 aliphatic carbocycles. The van der Waals surface area contributed by atoms with Gasteiger partial charge in [-0.25, -0.2) is 4.98 Å². The fraction of sp³-hybridized carbons (Fsp3) is 0.308. The Kier molecular flexibility index (Phi) is 4.98. The molecule has 1 aliphatic rings. The van der Waals surface area contributed by atoms with Crippen molar-refractivity contribution in [3.8, 4) is 22.4 Å². The summed E-state index contributed by atoms with van der Waals surface area (Å²) in [4.78, 5) is 15.2. The summed E-state index contributed by atoms with van der Waals surface area (Å²) in [6, 6.07) is 15.4. The molecule has 3 N–H and O–H groups in total. The molecule has 5 heteroatoms. The zero-order chi connectivity index (χ0) is 21.5. The monoisotopic (exact) mass is 411 g/mol. The molecule has 0 saturated carbocycles. The van der Waals surface area contributed by atoms with Gasteiger partial charge in [0.15, 0.2) is 0 Å². The minimum Gasteiger partial charge on any atom is -0.355 e. The van der Waals surface area contributed by atoms with E-state index >= 15 is 0 Å². The van der Waals surface area contributed by atoms with Crippen LogP contribution in [-0.2, 0) is 0 Å². The van der Waals surface area contributed by atoms with Crippen molar-refractivity contribution in [2.24, 2.45) is 5.73 Å². The molecule has 0 spiro atoms. The van der Waals surface area contributed by atoms with Crippen LogP contribution in [0.3, 0.4) is 0 Å². The summed E-state index contributed by atoms with van der Waals surface area (Å²) in [7, 11) is 0. The lowest BCUT2D eigenvalue weighted by Crippen LogP contribution is -2.43. The molecular formula is C26H29N5. The number of nitrogens with one attached hydrogen (secondary N) is 1. The minimum absolute atomic E-state index is 0.246. The van der Waals surface area contributed by atoms with Gasteiger partial charge < -0.3 is 15.6 Å². The van der Waals surface area contributed by atoms with Gasteiger partial charge in [-0.05, 0) is 75.1 Å². The molecule has 4 heterocycles. The molecule has 5 rings (SSSR count). The zero-order valence-corrected chi connectivity index (χ0v) is 18.4. The van der Waals surface area contributed by atoms with Crippen molar-refractivity contribution in [3.05, 3.63) is 65.6 Å². The van der Waals surface area contributed by atoms with Crippen LogP contribution in [0, 0.1) is 20.8 Å². The number of H-pyrrole nitrogens is 1. The summed E-state index contributed by atoms with van der Waals surface area (Å²) in [5.41, 5.74) is 15.2. The van der Waals surface area contributed by atoms with Crippen LogP contribution < -0.4 is 10.6 Å². The lowest BCUT2D eigenvalue weighted by Gasteiger charge is -2.31. The summed E-state index contributed by atoms with van der Waals surface area (Å²) >= 11 is 0. The van der Waals surface area contributed by atoms with Crippen LogP contribution in [0.25, 0.3) is 33.3 Å². The second kappa shape index (κ2) is 7.82. The molecule has 0 amide bonds. The quantitative estimate of drug-likeness (QED) is 0.489. The van der Waals surface area contributed by atoms with Gasteiger partial charge in [-0.2, -0.15) is 0 Å². The van der Waals surface area contributed by atoms with Gasteiger partial charge in [0.1, 0.15) is 5.82 Å². The number of aryl methyl sites for hydroxylation is 3. The third-order valence-corrected chi connectivity index (χ3v) is 6.29. The van der Waals surface area contributed by atoms with Crippen molar-refractivity contribution in [1.82, 2.24) is 15.0 Å². The van der Waals surface area contributed by atoms with Gasteiger partial charge >= 0.3 is 0 Å². The summed E-state index contributed by atoms with van der Waals surface area (Å²) in [6.45, 7) is 8.18. The standard InChI is InChI=1S/C26H29N5/c1-16-11-21(12-17(2)29-16)26-18(3)23-8-6-19(13-24(23)30-26)20-7-9-25(28-14-20)31-10-4-5-22(27)15-31/h6-9,11-14,22,30H,4-5,10,15,27H2,1-3H3/t22-/m1/s1. The first-order valence-corrected chi connectivity index (χ1v) is 11.0. The van der Waals surface area contributed by atoms with E-state index < -0.39 is 0 Å². The molecule has 0 radical (unpaired) electrons. The van der Waals surface area contributed by atoms with E-state index in [1.54, 1.807) is 0 Å². The van der Waals surface area contributed by atoms with E-state index in [0.29, 0.717) is 0 Å². The molecule has 3 aromatic heterocycles. The Hall–Kier alpha value is -3.18. The lowest BCUT2D eigenvalue weighted by atomic mass is 10.0. The fourth-order valence-corrected chi connectivity index (χ4v) is 4.75. The molecule has 158 valence electrons. The maximum Gasteiger partial charge on any atom is 0.128 e. The average molecular weight is 412 g/mol. The van der Waals surface area contributed by atoms with Crippen LogP contribution in [0.1, 0.15) is 29.8 Å². The third-order valence-electron chi connectivity index (χ3n) is 6.29. The number of benzene rings is 1. The number of hydrogen-bond acceptors (Lipinski definition) is 4. The largest absolute Gasteiger partial charge is 0.355 e. The molecule has 5 nitrogen and oxygen atoms in total. The normalized spacial score (nSPS) is 16.8. The van der Waals surface area contributed by atoms with Crippen molar-refractivity contribution < 1.29 is 0 Å². The van der Waals surface area contributed by atoms with E-state index in [9.17, 15) is 0 Å². The number of pyridine rings is 2. The Morgan fingerprint density at radius 1 is 0.968 bits per heavy atom. The van der Waals surface area contributed by atoms with E-state index in [1.165, 1.54) is 16.5 Å². The Morgan fingerprint density at radius 2 is 1.74 bits per heavy atom. The Balaban J connectivity index is 1.47. The number of nitrogens with two attached hydrogens (primary N) is 1. The van der Waals surface area contributed by atoms with Gasteiger partial charge in [0.25, 0.3) is 0 Å². The Morgan fingerprint density at radius 3 is 2.45 bits per heavy atom. The van der Waals surface area contributed by atoms with E-state index in [-0.39, 0.29) is 6.04 Å². The van der Waals surface area contributed by atoms with Crippen LogP contribution in [-0.4, -0.2) is 34.1 Å². The van der Waals surface area contributed by atoms with Gasteiger partial charge in [-0.3, -0.25) is 4.98 Å². The van der Waals surface area contributed by atoms with Gasteiger partial charge in [-0.1, -0.05) is 12.1 Å². The smallest absolute Gasteiger partial charge is 0.128 e. The highest BCUT2D eigenvalue weighted by atomic mass is 15.2. The highest BCUT2D eigenvalue weighted by molar-refractivity contribution is 5.93. The van der Waals surface area contributed by atoms with E-state index in [0.717, 1.165) is 65.5 Å². The molecule has 4 aromatic rings. The second-order valence-electron chi connectivity index (χ2n) is 8.78. The number of hydrogen-bond donors (Lipinski definition) is 2. The summed E-state index contributed by atoms with van der Waals surface area (Å²) in [6.07, 6.45) is 4.21. The Labute approximate surface area is 183 Å². The molecule has 1 atom stereocenters. The van der Waals surface area contributed by atoms with Gasteiger partial charge in [0, 0.05) is 64.4 Å². The van der Waals surface area contributed by atoms with Crippen molar-refractivity contribution in [3.63, 3.8) is 0 Å². The first-order chi connectivity index (χ1) is 15.0. The molecule has 31 heavy (non-hydrogen) atoms. The van der Waals surface area contributed by atoms with Crippen LogP contribution in [0.2, 0.25) is 0 Å². The van der Waals surface area contributed by atoms with Gasteiger partial charge in [0.05, 0.1) is 0 Å². The Bertz CT molecular complexity index is 1220. The topological polar surface area (TPSA) is 70.8 Å². The lowest BCUT2D eigenvalue weighted by molar-refractivity contribution is 0.503. The zero-order valence-electron chi connectivity index (χ0n) is 18.4. The third kappa shape index (κ3) is 3.81. The number of fused-ring (bicyclic) bond motifs is 1. The first kappa shape index (κ1) is 19.8. The summed E-state index contributed by atoms with van der Waals surface area (Å²) in [5, 5.41) is 1.25. The number of nitrogens with zero attached hydrogens (tertiary/aromatic N) is 3. The van der Waals surface area contributed by atoms with Crippen LogP contribution in [0.5, 0.6) is 0 Å². The average Bonchev–Trinajstić information content (AvgIpc) is 3.09. The highest BCUT2D eigenvalue weighted by Gasteiger charge is 2.18. The maximum atomic E-state index is 6.13. The van der Waals surface area contributed by atoms with Crippen molar-refractivity contribution >= 4 is 16.7 Å². The maximum absolute atomic E-state index is 6.13. The number of piperidine rings is 1.